The third kappa shape index (κ3) is 3.70. The molecule has 25 heavy (non-hydrogen) atoms. The van der Waals surface area contributed by atoms with E-state index in [0.29, 0.717) is 40.8 Å². The van der Waals surface area contributed by atoms with Crippen molar-refractivity contribution in [3.63, 3.8) is 0 Å². The van der Waals surface area contributed by atoms with Gasteiger partial charge in [0.1, 0.15) is 0 Å². The molecule has 0 unspecified atom stereocenters. The maximum atomic E-state index is 12.6. The smallest absolute Gasteiger partial charge is 0.409 e. The second kappa shape index (κ2) is 7.29. The first-order chi connectivity index (χ1) is 12.0. The van der Waals surface area contributed by atoms with Gasteiger partial charge in [-0.25, -0.2) is 4.79 Å². The third-order valence-corrected chi connectivity index (χ3v) is 4.54. The average molecular weight is 380 g/mol. The maximum Gasteiger partial charge on any atom is 0.409 e. The molecule has 6 nitrogen and oxygen atoms in total. The standard InChI is InChI=1S/C17H15Cl2N3O3/c1-25-17(24)22-5-4-12-10(9-22)7-20-8-13(12)16(23)21-15-3-2-11(18)6-14(15)19/h2-3,6-8H,4-5,9H2,1H3,(H,21,23). The number of rotatable bonds is 2. The predicted octanol–water partition coefficient (Wildman–Crippen LogP) is 3.77. The molecular formula is C17H15Cl2N3O3. The highest BCUT2D eigenvalue weighted by molar-refractivity contribution is 6.36. The highest BCUT2D eigenvalue weighted by Crippen LogP contribution is 2.27. The minimum absolute atomic E-state index is 0.305. The van der Waals surface area contributed by atoms with Gasteiger partial charge in [0, 0.05) is 24.0 Å². The summed E-state index contributed by atoms with van der Waals surface area (Å²) in [5.74, 6) is -0.305. The fourth-order valence-corrected chi connectivity index (χ4v) is 3.21. The number of amides is 2. The van der Waals surface area contributed by atoms with Crippen LogP contribution in [0.25, 0.3) is 0 Å². The quantitative estimate of drug-likeness (QED) is 0.861. The molecule has 1 N–H and O–H groups in total. The lowest BCUT2D eigenvalue weighted by atomic mass is 9.97. The Bertz CT molecular complexity index is 842. The molecule has 0 spiro atoms. The van der Waals surface area contributed by atoms with E-state index in [1.165, 1.54) is 13.3 Å². The average Bonchev–Trinajstić information content (AvgIpc) is 2.62. The number of carbonyl (C=O) groups is 2. The van der Waals surface area contributed by atoms with E-state index in [-0.39, 0.29) is 5.91 Å². The summed E-state index contributed by atoms with van der Waals surface area (Å²) >= 11 is 12.0. The zero-order chi connectivity index (χ0) is 18.0. The zero-order valence-electron chi connectivity index (χ0n) is 13.4. The van der Waals surface area contributed by atoms with Gasteiger partial charge in [-0.15, -0.1) is 0 Å². The van der Waals surface area contributed by atoms with Crippen LogP contribution in [0.4, 0.5) is 10.5 Å². The number of hydrogen-bond acceptors (Lipinski definition) is 4. The van der Waals surface area contributed by atoms with Crippen molar-refractivity contribution in [3.8, 4) is 0 Å². The number of benzene rings is 1. The van der Waals surface area contributed by atoms with Gasteiger partial charge in [0.05, 0.1) is 29.9 Å². The lowest BCUT2D eigenvalue weighted by Gasteiger charge is -2.28. The minimum Gasteiger partial charge on any atom is -0.453 e. The Labute approximate surface area is 154 Å². The van der Waals surface area contributed by atoms with Crippen LogP contribution in [0.2, 0.25) is 10.0 Å². The summed E-state index contributed by atoms with van der Waals surface area (Å²) in [4.78, 5) is 30.0. The molecular weight excluding hydrogens is 365 g/mol. The number of methoxy groups -OCH3 is 1. The highest BCUT2D eigenvalue weighted by atomic mass is 35.5. The Morgan fingerprint density at radius 2 is 2.08 bits per heavy atom. The normalized spacial score (nSPS) is 13.2. The van der Waals surface area contributed by atoms with Crippen molar-refractivity contribution >= 4 is 40.9 Å². The number of nitrogens with one attached hydrogen (secondary N) is 1. The lowest BCUT2D eigenvalue weighted by molar-refractivity contribution is 0.102. The second-order valence-electron chi connectivity index (χ2n) is 5.54. The van der Waals surface area contributed by atoms with Crippen LogP contribution in [0, 0.1) is 0 Å². The van der Waals surface area contributed by atoms with Crippen molar-refractivity contribution in [1.82, 2.24) is 9.88 Å². The van der Waals surface area contributed by atoms with Crippen LogP contribution < -0.4 is 5.32 Å². The topological polar surface area (TPSA) is 71.5 Å². The number of carbonyl (C=O) groups excluding carboxylic acids is 2. The van der Waals surface area contributed by atoms with E-state index in [2.05, 4.69) is 10.3 Å². The number of nitrogens with zero attached hydrogens (tertiary/aromatic N) is 2. The number of hydrogen-bond donors (Lipinski definition) is 1. The van der Waals surface area contributed by atoms with Crippen molar-refractivity contribution in [1.29, 1.82) is 0 Å². The van der Waals surface area contributed by atoms with Gasteiger partial charge >= 0.3 is 6.09 Å². The fourth-order valence-electron chi connectivity index (χ4n) is 2.75. The number of anilines is 1. The number of fused-ring (bicyclic) bond motifs is 1. The monoisotopic (exact) mass is 379 g/mol. The number of ether oxygens (including phenoxy) is 1. The predicted molar refractivity (Wildman–Crippen MR) is 95.2 cm³/mol. The van der Waals surface area contributed by atoms with E-state index in [1.54, 1.807) is 29.3 Å². The Kier molecular flexibility index (Phi) is 5.11. The Morgan fingerprint density at radius 3 is 2.80 bits per heavy atom. The molecule has 0 radical (unpaired) electrons. The highest BCUT2D eigenvalue weighted by Gasteiger charge is 2.25. The third-order valence-electron chi connectivity index (χ3n) is 4.00. The SMILES string of the molecule is COC(=O)N1CCc2c(cncc2C(=O)Nc2ccc(Cl)cc2Cl)C1. The molecule has 1 aliphatic heterocycles. The van der Waals surface area contributed by atoms with Crippen LogP contribution in [0.5, 0.6) is 0 Å². The summed E-state index contributed by atoms with van der Waals surface area (Å²) in [5, 5.41) is 3.62. The van der Waals surface area contributed by atoms with Gasteiger partial charge in [0.2, 0.25) is 0 Å². The largest absolute Gasteiger partial charge is 0.453 e. The van der Waals surface area contributed by atoms with Gasteiger partial charge < -0.3 is 15.0 Å². The van der Waals surface area contributed by atoms with Crippen LogP contribution in [0.3, 0.4) is 0 Å². The summed E-state index contributed by atoms with van der Waals surface area (Å²) in [5.41, 5.74) is 2.64. The Balaban J connectivity index is 1.84. The lowest BCUT2D eigenvalue weighted by Crippen LogP contribution is -2.36. The molecule has 0 saturated heterocycles. The summed E-state index contributed by atoms with van der Waals surface area (Å²) in [6.45, 7) is 0.837. The van der Waals surface area contributed by atoms with E-state index in [0.717, 1.165) is 11.1 Å². The molecule has 0 bridgehead atoms. The van der Waals surface area contributed by atoms with E-state index >= 15 is 0 Å². The molecule has 3 rings (SSSR count). The van der Waals surface area contributed by atoms with E-state index in [9.17, 15) is 9.59 Å². The molecule has 1 aliphatic rings. The van der Waals surface area contributed by atoms with Crippen LogP contribution in [-0.2, 0) is 17.7 Å². The minimum atomic E-state index is -0.395. The van der Waals surface area contributed by atoms with E-state index < -0.39 is 6.09 Å². The first-order valence-electron chi connectivity index (χ1n) is 7.54. The molecule has 0 saturated carbocycles. The van der Waals surface area contributed by atoms with E-state index in [1.807, 2.05) is 0 Å². The van der Waals surface area contributed by atoms with Gasteiger partial charge in [0.25, 0.3) is 5.91 Å². The molecule has 2 amide bonds. The maximum absolute atomic E-state index is 12.6. The summed E-state index contributed by atoms with van der Waals surface area (Å²) in [6, 6.07) is 4.85. The van der Waals surface area contributed by atoms with Gasteiger partial charge in [-0.2, -0.15) is 0 Å². The molecule has 1 aromatic carbocycles. The first kappa shape index (κ1) is 17.5. The van der Waals surface area contributed by atoms with Gasteiger partial charge in [-0.1, -0.05) is 23.2 Å². The summed E-state index contributed by atoms with van der Waals surface area (Å²) in [7, 11) is 1.34. The molecule has 130 valence electrons. The van der Waals surface area contributed by atoms with Gasteiger partial charge in [-0.05, 0) is 35.7 Å². The van der Waals surface area contributed by atoms with Gasteiger partial charge in [-0.3, -0.25) is 9.78 Å². The molecule has 8 heteroatoms. The summed E-state index contributed by atoms with van der Waals surface area (Å²) < 4.78 is 4.75. The van der Waals surface area contributed by atoms with Crippen molar-refractivity contribution in [2.75, 3.05) is 19.0 Å². The van der Waals surface area contributed by atoms with Crippen LogP contribution in [0.15, 0.2) is 30.6 Å². The Morgan fingerprint density at radius 1 is 1.28 bits per heavy atom. The first-order valence-corrected chi connectivity index (χ1v) is 8.30. The van der Waals surface area contributed by atoms with Crippen LogP contribution in [0.1, 0.15) is 21.5 Å². The number of aromatic nitrogens is 1. The van der Waals surface area contributed by atoms with Crippen LogP contribution in [-0.4, -0.2) is 35.5 Å². The molecule has 0 atom stereocenters. The van der Waals surface area contributed by atoms with Crippen molar-refractivity contribution in [3.05, 3.63) is 57.3 Å². The van der Waals surface area contributed by atoms with Crippen molar-refractivity contribution < 1.29 is 14.3 Å². The number of halogens is 2. The molecule has 0 fully saturated rings. The second-order valence-corrected chi connectivity index (χ2v) is 6.39. The molecule has 0 aliphatic carbocycles. The van der Waals surface area contributed by atoms with Crippen LogP contribution >= 0.6 is 23.2 Å². The fraction of sp³-hybridized carbons (Fsp3) is 0.235. The Hall–Kier alpha value is -2.31. The zero-order valence-corrected chi connectivity index (χ0v) is 14.9. The van der Waals surface area contributed by atoms with E-state index in [4.69, 9.17) is 27.9 Å². The van der Waals surface area contributed by atoms with Gasteiger partial charge in [0.15, 0.2) is 0 Å². The summed E-state index contributed by atoms with van der Waals surface area (Å²) in [6.07, 6.45) is 3.33. The molecule has 2 heterocycles. The van der Waals surface area contributed by atoms with Crippen molar-refractivity contribution in [2.45, 2.75) is 13.0 Å². The number of pyridine rings is 1. The molecule has 1 aromatic heterocycles. The van der Waals surface area contributed by atoms with Crippen molar-refractivity contribution in [2.24, 2.45) is 0 Å². The molecule has 2 aromatic rings.